The number of aromatic nitrogens is 1. The van der Waals surface area contributed by atoms with Gasteiger partial charge in [0.15, 0.2) is 0 Å². The van der Waals surface area contributed by atoms with E-state index < -0.39 is 0 Å². The number of hydrogen-bond donors (Lipinski definition) is 2. The number of aliphatic hydroxyl groups excluding tert-OH is 1. The lowest BCUT2D eigenvalue weighted by Crippen LogP contribution is -2.24. The highest BCUT2D eigenvalue weighted by molar-refractivity contribution is 7.18. The molecule has 1 aromatic carbocycles. The van der Waals surface area contributed by atoms with Gasteiger partial charge >= 0.3 is 0 Å². The number of para-hydroxylation sites is 1. The van der Waals surface area contributed by atoms with Gasteiger partial charge in [-0.05, 0) is 18.6 Å². The van der Waals surface area contributed by atoms with Gasteiger partial charge in [-0.1, -0.05) is 12.1 Å². The summed E-state index contributed by atoms with van der Waals surface area (Å²) in [6, 6.07) is 7.97. The minimum Gasteiger partial charge on any atom is -0.395 e. The molecule has 1 heterocycles. The third-order valence-corrected chi connectivity index (χ3v) is 3.40. The van der Waals surface area contributed by atoms with Crippen LogP contribution in [0.5, 0.6) is 0 Å². The van der Waals surface area contributed by atoms with Crippen LogP contribution in [0.3, 0.4) is 0 Å². The third-order valence-electron chi connectivity index (χ3n) is 2.30. The fourth-order valence-electron chi connectivity index (χ4n) is 1.43. The Morgan fingerprint density at radius 2 is 2.20 bits per heavy atom. The number of nitrogens with zero attached hydrogens (tertiary/aromatic N) is 1. The van der Waals surface area contributed by atoms with Crippen molar-refractivity contribution in [3.05, 3.63) is 29.3 Å². The van der Waals surface area contributed by atoms with Gasteiger partial charge < -0.3 is 10.8 Å². The van der Waals surface area contributed by atoms with E-state index in [-0.39, 0.29) is 12.6 Å². The molecule has 0 spiro atoms. The summed E-state index contributed by atoms with van der Waals surface area (Å²) in [6.07, 6.45) is 1.64. The smallest absolute Gasteiger partial charge is 0.0939 e. The summed E-state index contributed by atoms with van der Waals surface area (Å²) in [4.78, 5) is 4.50. The van der Waals surface area contributed by atoms with E-state index in [1.165, 1.54) is 4.70 Å². The molecular weight excluding hydrogens is 208 g/mol. The number of aliphatic hydroxyl groups is 1. The zero-order valence-electron chi connectivity index (χ0n) is 8.39. The molecule has 0 saturated carbocycles. The van der Waals surface area contributed by atoms with E-state index in [2.05, 4.69) is 11.1 Å². The van der Waals surface area contributed by atoms with Crippen molar-refractivity contribution >= 4 is 21.6 Å². The quantitative estimate of drug-likeness (QED) is 0.825. The highest BCUT2D eigenvalue weighted by Crippen LogP contribution is 2.22. The normalized spacial score (nSPS) is 13.2. The molecule has 1 aromatic heterocycles. The van der Waals surface area contributed by atoms with Crippen LogP contribution in [0.25, 0.3) is 10.2 Å². The molecule has 2 aromatic rings. The van der Waals surface area contributed by atoms with E-state index >= 15 is 0 Å². The minimum atomic E-state index is -0.128. The van der Waals surface area contributed by atoms with Gasteiger partial charge in [-0.3, -0.25) is 0 Å². The number of fused-ring (bicyclic) bond motifs is 1. The Morgan fingerprint density at radius 1 is 1.40 bits per heavy atom. The predicted molar refractivity (Wildman–Crippen MR) is 63.0 cm³/mol. The molecule has 0 aliphatic rings. The maximum Gasteiger partial charge on any atom is 0.0939 e. The highest BCUT2D eigenvalue weighted by atomic mass is 32.1. The predicted octanol–water partition coefficient (Wildman–Crippen LogP) is 1.55. The molecule has 0 fully saturated rings. The lowest BCUT2D eigenvalue weighted by atomic mass is 10.2. The second kappa shape index (κ2) is 4.70. The Balaban J connectivity index is 2.09. The SMILES string of the molecule is NC(CO)CCc1nc2ccccc2s1. The summed E-state index contributed by atoms with van der Waals surface area (Å²) in [5.41, 5.74) is 6.69. The largest absolute Gasteiger partial charge is 0.395 e. The molecule has 0 amide bonds. The van der Waals surface area contributed by atoms with Crippen molar-refractivity contribution in [2.24, 2.45) is 5.73 Å². The Hall–Kier alpha value is -0.970. The topological polar surface area (TPSA) is 59.1 Å². The maximum absolute atomic E-state index is 8.81. The summed E-state index contributed by atoms with van der Waals surface area (Å²) < 4.78 is 1.21. The van der Waals surface area contributed by atoms with E-state index in [0.717, 1.165) is 23.4 Å². The standard InChI is InChI=1S/C11H14N2OS/c12-8(7-14)5-6-11-13-9-3-1-2-4-10(9)15-11/h1-4,8,14H,5-7,12H2. The summed E-state index contributed by atoms with van der Waals surface area (Å²) >= 11 is 1.70. The molecule has 3 N–H and O–H groups in total. The van der Waals surface area contributed by atoms with Crippen LogP contribution < -0.4 is 5.73 Å². The van der Waals surface area contributed by atoms with E-state index in [9.17, 15) is 0 Å². The van der Waals surface area contributed by atoms with Crippen molar-refractivity contribution in [2.75, 3.05) is 6.61 Å². The second-order valence-corrected chi connectivity index (χ2v) is 4.67. The number of rotatable bonds is 4. The maximum atomic E-state index is 8.81. The number of aryl methyl sites for hydroxylation is 1. The molecule has 1 unspecified atom stereocenters. The molecule has 0 aliphatic carbocycles. The fraction of sp³-hybridized carbons (Fsp3) is 0.364. The van der Waals surface area contributed by atoms with Crippen molar-refractivity contribution in [3.63, 3.8) is 0 Å². The number of hydrogen-bond acceptors (Lipinski definition) is 4. The van der Waals surface area contributed by atoms with Crippen LogP contribution in [0.15, 0.2) is 24.3 Å². The van der Waals surface area contributed by atoms with E-state index in [1.54, 1.807) is 11.3 Å². The van der Waals surface area contributed by atoms with Crippen molar-refractivity contribution in [3.8, 4) is 0 Å². The van der Waals surface area contributed by atoms with Crippen LogP contribution in [-0.2, 0) is 6.42 Å². The molecule has 4 heteroatoms. The lowest BCUT2D eigenvalue weighted by Gasteiger charge is -2.04. The second-order valence-electron chi connectivity index (χ2n) is 3.56. The Kier molecular flexibility index (Phi) is 3.30. The van der Waals surface area contributed by atoms with Crippen LogP contribution in [0.2, 0.25) is 0 Å². The average Bonchev–Trinajstić information content (AvgIpc) is 2.68. The minimum absolute atomic E-state index is 0.0465. The van der Waals surface area contributed by atoms with Crippen LogP contribution in [0, 0.1) is 0 Å². The van der Waals surface area contributed by atoms with Gasteiger partial charge in [0, 0.05) is 12.5 Å². The van der Waals surface area contributed by atoms with Crippen molar-refractivity contribution in [1.82, 2.24) is 4.98 Å². The number of benzene rings is 1. The molecule has 0 saturated heterocycles. The summed E-state index contributed by atoms with van der Waals surface area (Å²) in [5.74, 6) is 0. The molecule has 0 aliphatic heterocycles. The van der Waals surface area contributed by atoms with Crippen LogP contribution in [0.4, 0.5) is 0 Å². The molecule has 1 atom stereocenters. The van der Waals surface area contributed by atoms with E-state index in [4.69, 9.17) is 10.8 Å². The van der Waals surface area contributed by atoms with E-state index in [1.807, 2.05) is 18.2 Å². The first kappa shape index (κ1) is 10.5. The zero-order valence-corrected chi connectivity index (χ0v) is 9.20. The molecule has 2 rings (SSSR count). The third kappa shape index (κ3) is 2.53. The first-order valence-corrected chi connectivity index (χ1v) is 5.82. The Bertz CT molecular complexity index is 408. The van der Waals surface area contributed by atoms with Gasteiger partial charge in [0.1, 0.15) is 0 Å². The first-order chi connectivity index (χ1) is 7.29. The average molecular weight is 222 g/mol. The van der Waals surface area contributed by atoms with Gasteiger partial charge in [0.25, 0.3) is 0 Å². The molecule has 0 bridgehead atoms. The van der Waals surface area contributed by atoms with E-state index in [0.29, 0.717) is 0 Å². The highest BCUT2D eigenvalue weighted by Gasteiger charge is 2.05. The fourth-order valence-corrected chi connectivity index (χ4v) is 2.41. The summed E-state index contributed by atoms with van der Waals surface area (Å²) in [5, 5.41) is 9.91. The Morgan fingerprint density at radius 3 is 2.93 bits per heavy atom. The molecule has 0 radical (unpaired) electrons. The van der Waals surface area contributed by atoms with Gasteiger partial charge in [-0.2, -0.15) is 0 Å². The van der Waals surface area contributed by atoms with Crippen molar-refractivity contribution < 1.29 is 5.11 Å². The summed E-state index contributed by atoms with van der Waals surface area (Å²) in [7, 11) is 0. The van der Waals surface area contributed by atoms with Gasteiger partial charge in [0.05, 0.1) is 21.8 Å². The zero-order chi connectivity index (χ0) is 10.7. The van der Waals surface area contributed by atoms with Crippen LogP contribution >= 0.6 is 11.3 Å². The van der Waals surface area contributed by atoms with Crippen LogP contribution in [-0.4, -0.2) is 22.7 Å². The molecule has 15 heavy (non-hydrogen) atoms. The first-order valence-electron chi connectivity index (χ1n) is 5.00. The van der Waals surface area contributed by atoms with Gasteiger partial charge in [-0.15, -0.1) is 11.3 Å². The van der Waals surface area contributed by atoms with Crippen LogP contribution in [0.1, 0.15) is 11.4 Å². The van der Waals surface area contributed by atoms with Gasteiger partial charge in [0.2, 0.25) is 0 Å². The number of thiazole rings is 1. The monoisotopic (exact) mass is 222 g/mol. The lowest BCUT2D eigenvalue weighted by molar-refractivity contribution is 0.260. The van der Waals surface area contributed by atoms with Crippen molar-refractivity contribution in [1.29, 1.82) is 0 Å². The molecular formula is C11H14N2OS. The van der Waals surface area contributed by atoms with Gasteiger partial charge in [-0.25, -0.2) is 4.98 Å². The Labute approximate surface area is 92.6 Å². The molecule has 80 valence electrons. The molecule has 3 nitrogen and oxygen atoms in total. The summed E-state index contributed by atoms with van der Waals surface area (Å²) in [6.45, 7) is 0.0465. The van der Waals surface area contributed by atoms with Crippen molar-refractivity contribution in [2.45, 2.75) is 18.9 Å². The number of nitrogens with two attached hydrogens (primary N) is 1.